The van der Waals surface area contributed by atoms with Gasteiger partial charge in [0.25, 0.3) is 0 Å². The zero-order valence-corrected chi connectivity index (χ0v) is 17.1. The van der Waals surface area contributed by atoms with Gasteiger partial charge in [-0.05, 0) is 62.1 Å². The average molecular weight is 382 g/mol. The summed E-state index contributed by atoms with van der Waals surface area (Å²) < 4.78 is 6.46. The van der Waals surface area contributed by atoms with E-state index in [4.69, 9.17) is 16.2 Å². The molecule has 0 unspecified atom stereocenters. The quantitative estimate of drug-likeness (QED) is 0.748. The van der Waals surface area contributed by atoms with E-state index in [1.165, 1.54) is 5.56 Å². The van der Waals surface area contributed by atoms with Gasteiger partial charge in [-0.3, -0.25) is 0 Å². The first kappa shape index (κ1) is 19.0. The minimum absolute atomic E-state index is 0.145. The Kier molecular flexibility index (Phi) is 4.91. The van der Waals surface area contributed by atoms with Crippen LogP contribution in [0.15, 0.2) is 18.5 Å². The minimum atomic E-state index is -0.145. The van der Waals surface area contributed by atoms with Gasteiger partial charge in [0, 0.05) is 23.7 Å². The smallest absolute Gasteiger partial charge is 0.143 e. The Labute approximate surface area is 167 Å². The van der Waals surface area contributed by atoms with Crippen molar-refractivity contribution in [1.82, 2.24) is 9.97 Å². The molecule has 2 aliphatic rings. The summed E-state index contributed by atoms with van der Waals surface area (Å²) in [6.07, 6.45) is 6.75. The van der Waals surface area contributed by atoms with Gasteiger partial charge in [0.05, 0.1) is 17.5 Å². The molecule has 1 aromatic carbocycles. The van der Waals surface area contributed by atoms with Crippen molar-refractivity contribution < 1.29 is 4.74 Å². The van der Waals surface area contributed by atoms with E-state index < -0.39 is 0 Å². The van der Waals surface area contributed by atoms with Crippen LogP contribution in [0.3, 0.4) is 0 Å². The highest BCUT2D eigenvalue weighted by Gasteiger charge is 2.36. The third kappa shape index (κ3) is 3.30. The van der Waals surface area contributed by atoms with Gasteiger partial charge in [-0.2, -0.15) is 0 Å². The number of fused-ring (bicyclic) bond motifs is 3. The van der Waals surface area contributed by atoms with E-state index in [1.54, 1.807) is 6.33 Å². The summed E-state index contributed by atoms with van der Waals surface area (Å²) in [6.45, 7) is 7.37. The van der Waals surface area contributed by atoms with Crippen molar-refractivity contribution in [2.24, 2.45) is 5.73 Å². The third-order valence-corrected chi connectivity index (χ3v) is 6.07. The molecule has 0 aliphatic heterocycles. The number of hydrogen-bond acceptors (Lipinski definition) is 6. The summed E-state index contributed by atoms with van der Waals surface area (Å²) in [6, 6.07) is 4.52. The largest absolute Gasteiger partial charge is 0.488 e. The maximum Gasteiger partial charge on any atom is 0.143 e. The maximum absolute atomic E-state index is 6.46. The molecule has 0 spiro atoms. The first-order valence-electron chi connectivity index (χ1n) is 10.3. The predicted molar refractivity (Wildman–Crippen MR) is 114 cm³/mol. The van der Waals surface area contributed by atoms with Crippen LogP contribution in [-0.4, -0.2) is 28.7 Å². The maximum atomic E-state index is 6.46. The number of benzene rings is 1. The van der Waals surface area contributed by atoms with E-state index in [-0.39, 0.29) is 11.5 Å². The van der Waals surface area contributed by atoms with Crippen LogP contribution in [-0.2, 0) is 11.8 Å². The van der Waals surface area contributed by atoms with Gasteiger partial charge in [0.1, 0.15) is 17.9 Å². The second-order valence-electron chi connectivity index (χ2n) is 8.69. The summed E-state index contributed by atoms with van der Waals surface area (Å²) in [4.78, 5) is 8.84. The van der Waals surface area contributed by atoms with Gasteiger partial charge in [-0.15, -0.1) is 0 Å². The molecule has 5 N–H and O–H groups in total. The van der Waals surface area contributed by atoms with Crippen molar-refractivity contribution >= 4 is 11.5 Å². The number of hydrogen-bond donors (Lipinski definition) is 3. The average Bonchev–Trinajstić information content (AvgIpc) is 2.65. The Morgan fingerprint density at radius 1 is 1.18 bits per heavy atom. The zero-order chi connectivity index (χ0) is 19.9. The molecule has 0 amide bonds. The van der Waals surface area contributed by atoms with Crippen molar-refractivity contribution in [3.05, 3.63) is 29.6 Å². The number of anilines is 2. The molecular formula is C22H31N5O. The molecule has 4 rings (SSSR count). The zero-order valence-electron chi connectivity index (χ0n) is 17.1. The number of rotatable bonds is 4. The molecule has 0 radical (unpaired) electrons. The number of aromatic nitrogens is 2. The van der Waals surface area contributed by atoms with Gasteiger partial charge in [-0.1, -0.05) is 13.8 Å². The molecular weight excluding hydrogens is 350 g/mol. The predicted octanol–water partition coefficient (Wildman–Crippen LogP) is 3.64. The number of ether oxygens (including phenoxy) is 1. The number of nitrogen functional groups attached to an aromatic ring is 1. The second-order valence-corrected chi connectivity index (χ2v) is 8.69. The molecule has 150 valence electrons. The second kappa shape index (κ2) is 7.24. The molecule has 0 bridgehead atoms. The van der Waals surface area contributed by atoms with Crippen molar-refractivity contribution in [1.29, 1.82) is 0 Å². The van der Waals surface area contributed by atoms with Crippen LogP contribution in [0.1, 0.15) is 57.6 Å². The van der Waals surface area contributed by atoms with E-state index in [2.05, 4.69) is 48.2 Å². The van der Waals surface area contributed by atoms with Crippen molar-refractivity contribution in [3.8, 4) is 17.0 Å². The van der Waals surface area contributed by atoms with Crippen LogP contribution in [0.5, 0.6) is 5.75 Å². The molecule has 1 aromatic heterocycles. The summed E-state index contributed by atoms with van der Waals surface area (Å²) in [5, 5.41) is 3.56. The summed E-state index contributed by atoms with van der Waals surface area (Å²) in [5.74, 6) is 1.51. The Morgan fingerprint density at radius 2 is 1.93 bits per heavy atom. The lowest BCUT2D eigenvalue weighted by molar-refractivity contribution is 0.148. The Bertz CT molecular complexity index is 871. The molecule has 0 saturated heterocycles. The van der Waals surface area contributed by atoms with Gasteiger partial charge < -0.3 is 21.5 Å². The van der Waals surface area contributed by atoms with Gasteiger partial charge >= 0.3 is 0 Å². The molecule has 1 fully saturated rings. The van der Waals surface area contributed by atoms with E-state index in [0.717, 1.165) is 66.9 Å². The topological polar surface area (TPSA) is 99.1 Å². The highest BCUT2D eigenvalue weighted by molar-refractivity contribution is 5.82. The lowest BCUT2D eigenvalue weighted by atomic mass is 9.71. The van der Waals surface area contributed by atoms with Crippen LogP contribution in [0.25, 0.3) is 11.3 Å². The van der Waals surface area contributed by atoms with E-state index in [1.807, 2.05) is 0 Å². The minimum Gasteiger partial charge on any atom is -0.488 e. The van der Waals surface area contributed by atoms with Crippen LogP contribution in [0.4, 0.5) is 11.5 Å². The molecule has 1 saturated carbocycles. The number of nitrogens with zero attached hydrogens (tertiary/aromatic N) is 2. The summed E-state index contributed by atoms with van der Waals surface area (Å²) in [7, 11) is 0. The summed E-state index contributed by atoms with van der Waals surface area (Å²) in [5.41, 5.74) is 17.6. The molecule has 28 heavy (non-hydrogen) atoms. The van der Waals surface area contributed by atoms with Crippen LogP contribution in [0, 0.1) is 0 Å². The van der Waals surface area contributed by atoms with Gasteiger partial charge in [0.15, 0.2) is 0 Å². The standard InChI is InChI=1S/C22H31N5O/c1-4-25-19-16-11-22(2,3)18-20(26-12-27-21(18)24)15(16)9-10-17(19)28-14-7-5-13(23)6-8-14/h9-10,12-14,25H,4-8,11,23H2,1-3H3,(H2,24,26,27). The fraction of sp³-hybridized carbons (Fsp3) is 0.545. The highest BCUT2D eigenvalue weighted by Crippen LogP contribution is 2.48. The molecule has 1 heterocycles. The Morgan fingerprint density at radius 3 is 2.64 bits per heavy atom. The Hall–Kier alpha value is -2.34. The van der Waals surface area contributed by atoms with Crippen LogP contribution in [0.2, 0.25) is 0 Å². The van der Waals surface area contributed by atoms with Crippen molar-refractivity contribution in [2.45, 2.75) is 70.4 Å². The van der Waals surface area contributed by atoms with Gasteiger partial charge in [-0.25, -0.2) is 9.97 Å². The Balaban J connectivity index is 1.77. The molecule has 2 aliphatic carbocycles. The first-order chi connectivity index (χ1) is 13.4. The SMILES string of the molecule is CCNc1c(OC2CCC(N)CC2)ccc2c1CC(C)(C)c1c(N)ncnc1-2. The van der Waals surface area contributed by atoms with E-state index >= 15 is 0 Å². The number of nitrogens with two attached hydrogens (primary N) is 2. The highest BCUT2D eigenvalue weighted by atomic mass is 16.5. The fourth-order valence-corrected chi connectivity index (χ4v) is 4.69. The molecule has 6 heteroatoms. The summed E-state index contributed by atoms with van der Waals surface area (Å²) >= 11 is 0. The lowest BCUT2D eigenvalue weighted by Crippen LogP contribution is -2.32. The van der Waals surface area contributed by atoms with Crippen molar-refractivity contribution in [2.75, 3.05) is 17.6 Å². The molecule has 0 atom stereocenters. The number of nitrogens with one attached hydrogen (secondary N) is 1. The normalized spacial score (nSPS) is 22.9. The lowest BCUT2D eigenvalue weighted by Gasteiger charge is -2.36. The first-order valence-corrected chi connectivity index (χ1v) is 10.3. The van der Waals surface area contributed by atoms with E-state index in [0.29, 0.717) is 11.9 Å². The molecule has 2 aromatic rings. The van der Waals surface area contributed by atoms with E-state index in [9.17, 15) is 0 Å². The monoisotopic (exact) mass is 381 g/mol. The van der Waals surface area contributed by atoms with Gasteiger partial charge in [0.2, 0.25) is 0 Å². The third-order valence-electron chi connectivity index (χ3n) is 6.07. The van der Waals surface area contributed by atoms with Crippen LogP contribution < -0.4 is 21.5 Å². The molecule has 6 nitrogen and oxygen atoms in total. The van der Waals surface area contributed by atoms with Crippen LogP contribution >= 0.6 is 0 Å². The van der Waals surface area contributed by atoms with Crippen molar-refractivity contribution in [3.63, 3.8) is 0 Å². The fourth-order valence-electron chi connectivity index (χ4n) is 4.69.